The zero-order chi connectivity index (χ0) is 9.84. The second-order valence-electron chi connectivity index (χ2n) is 3.39. The van der Waals surface area contributed by atoms with Crippen molar-refractivity contribution in [1.29, 1.82) is 0 Å². The molecule has 72 valence electrons. The quantitative estimate of drug-likeness (QED) is 0.686. The van der Waals surface area contributed by atoms with E-state index in [1.165, 1.54) is 5.57 Å². The van der Waals surface area contributed by atoms with Crippen LogP contribution in [-0.2, 0) is 0 Å². The number of aromatic nitrogens is 1. The van der Waals surface area contributed by atoms with Gasteiger partial charge in [0.25, 0.3) is 0 Å². The highest BCUT2D eigenvalue weighted by Gasteiger charge is 2.02. The zero-order valence-electron chi connectivity index (χ0n) is 8.41. The second-order valence-corrected chi connectivity index (χ2v) is 3.39. The van der Waals surface area contributed by atoms with Crippen molar-refractivity contribution in [2.75, 3.05) is 14.1 Å². The highest BCUT2D eigenvalue weighted by Crippen LogP contribution is 2.10. The molecule has 13 heavy (non-hydrogen) atoms. The molecule has 0 aromatic carbocycles. The third-order valence-electron chi connectivity index (χ3n) is 2.04. The van der Waals surface area contributed by atoms with E-state index in [1.807, 2.05) is 43.4 Å². The molecule has 1 aromatic heterocycles. The lowest BCUT2D eigenvalue weighted by Crippen LogP contribution is -2.34. The van der Waals surface area contributed by atoms with Crippen molar-refractivity contribution in [2.45, 2.75) is 13.1 Å². The second kappa shape index (κ2) is 4.25. The fourth-order valence-corrected chi connectivity index (χ4v) is 1.07. The molecule has 1 atom stereocenters. The summed E-state index contributed by atoms with van der Waals surface area (Å²) in [5.74, 6) is 0. The van der Waals surface area contributed by atoms with E-state index in [9.17, 15) is 0 Å². The van der Waals surface area contributed by atoms with Crippen molar-refractivity contribution in [2.24, 2.45) is 5.73 Å². The maximum atomic E-state index is 5.86. The molecule has 0 aliphatic heterocycles. The Bertz CT molecular complexity index is 272. The minimum Gasteiger partial charge on any atom is -0.361 e. The molecule has 0 fully saturated rings. The molecule has 0 spiro atoms. The molecular formula is C10H17N3. The molecule has 0 radical (unpaired) electrons. The summed E-state index contributed by atoms with van der Waals surface area (Å²) in [5, 5.41) is 0. The number of likely N-dealkylation sites (N-methyl/N-ethyl adjacent to an activating group) is 1. The van der Waals surface area contributed by atoms with E-state index in [1.54, 1.807) is 0 Å². The summed E-state index contributed by atoms with van der Waals surface area (Å²) in [4.78, 5) is 5.10. The van der Waals surface area contributed by atoms with E-state index in [4.69, 9.17) is 5.73 Å². The van der Waals surface area contributed by atoms with Gasteiger partial charge in [-0.25, -0.2) is 0 Å². The summed E-state index contributed by atoms with van der Waals surface area (Å²) >= 11 is 0. The number of allylic oxidation sites excluding steroid dienone is 1. The molecule has 3 nitrogen and oxygen atoms in total. The average Bonchev–Trinajstić information content (AvgIpc) is 2.55. The van der Waals surface area contributed by atoms with Crippen LogP contribution < -0.4 is 5.73 Å². The lowest BCUT2D eigenvalue weighted by atomic mass is 10.2. The van der Waals surface area contributed by atoms with Gasteiger partial charge < -0.3 is 10.7 Å². The van der Waals surface area contributed by atoms with E-state index in [2.05, 4.69) is 11.9 Å². The SMILES string of the molecule is C/C(=C/C(N)N(C)C)c1ccc[nH]1. The number of rotatable bonds is 3. The fourth-order valence-electron chi connectivity index (χ4n) is 1.07. The third kappa shape index (κ3) is 2.72. The normalized spacial score (nSPS) is 15.0. The standard InChI is InChI=1S/C10H17N3/c1-8(7-10(11)13(2)3)9-5-4-6-12-9/h4-7,10,12H,11H2,1-3H3/b8-7-. The first-order valence-corrected chi connectivity index (χ1v) is 4.35. The third-order valence-corrected chi connectivity index (χ3v) is 2.04. The topological polar surface area (TPSA) is 45.0 Å². The van der Waals surface area contributed by atoms with Gasteiger partial charge in [-0.05, 0) is 44.8 Å². The number of hydrogen-bond donors (Lipinski definition) is 2. The van der Waals surface area contributed by atoms with Crippen molar-refractivity contribution in [1.82, 2.24) is 9.88 Å². The molecule has 1 heterocycles. The van der Waals surface area contributed by atoms with Gasteiger partial charge in [-0.3, -0.25) is 4.90 Å². The van der Waals surface area contributed by atoms with Gasteiger partial charge in [0.15, 0.2) is 0 Å². The van der Waals surface area contributed by atoms with Gasteiger partial charge in [-0.1, -0.05) is 0 Å². The van der Waals surface area contributed by atoms with E-state index in [-0.39, 0.29) is 6.17 Å². The van der Waals surface area contributed by atoms with Gasteiger partial charge in [0.2, 0.25) is 0 Å². The maximum absolute atomic E-state index is 5.86. The molecule has 0 amide bonds. The predicted molar refractivity (Wildman–Crippen MR) is 56.1 cm³/mol. The van der Waals surface area contributed by atoms with Gasteiger partial charge in [-0.2, -0.15) is 0 Å². The predicted octanol–water partition coefficient (Wildman–Crippen LogP) is 1.26. The van der Waals surface area contributed by atoms with Crippen LogP contribution in [0.5, 0.6) is 0 Å². The minimum absolute atomic E-state index is 0.0247. The van der Waals surface area contributed by atoms with Gasteiger partial charge in [0, 0.05) is 11.9 Å². The van der Waals surface area contributed by atoms with Crippen LogP contribution in [0, 0.1) is 0 Å². The van der Waals surface area contributed by atoms with Crippen LogP contribution in [-0.4, -0.2) is 30.1 Å². The summed E-state index contributed by atoms with van der Waals surface area (Å²) in [6.45, 7) is 2.05. The van der Waals surface area contributed by atoms with Gasteiger partial charge >= 0.3 is 0 Å². The lowest BCUT2D eigenvalue weighted by Gasteiger charge is -2.16. The number of aromatic amines is 1. The number of nitrogens with zero attached hydrogens (tertiary/aromatic N) is 1. The fraction of sp³-hybridized carbons (Fsp3) is 0.400. The highest BCUT2D eigenvalue weighted by atomic mass is 15.2. The van der Waals surface area contributed by atoms with E-state index in [0.29, 0.717) is 0 Å². The molecule has 0 saturated heterocycles. The zero-order valence-corrected chi connectivity index (χ0v) is 8.41. The molecule has 0 bridgehead atoms. The van der Waals surface area contributed by atoms with Crippen molar-refractivity contribution in [3.63, 3.8) is 0 Å². The Morgan fingerprint density at radius 1 is 1.62 bits per heavy atom. The highest BCUT2D eigenvalue weighted by molar-refractivity contribution is 5.60. The average molecular weight is 179 g/mol. The number of H-pyrrole nitrogens is 1. The number of nitrogens with two attached hydrogens (primary N) is 1. The maximum Gasteiger partial charge on any atom is 0.0765 e. The van der Waals surface area contributed by atoms with E-state index < -0.39 is 0 Å². The first-order valence-electron chi connectivity index (χ1n) is 4.35. The molecule has 0 aliphatic carbocycles. The van der Waals surface area contributed by atoms with Crippen molar-refractivity contribution in [3.05, 3.63) is 30.1 Å². The largest absolute Gasteiger partial charge is 0.361 e. The Hall–Kier alpha value is -1.06. The van der Waals surface area contributed by atoms with Crippen molar-refractivity contribution < 1.29 is 0 Å². The van der Waals surface area contributed by atoms with Crippen LogP contribution in [0.1, 0.15) is 12.6 Å². The molecule has 3 N–H and O–H groups in total. The van der Waals surface area contributed by atoms with Crippen LogP contribution in [0.25, 0.3) is 5.57 Å². The van der Waals surface area contributed by atoms with Crippen LogP contribution in [0.15, 0.2) is 24.4 Å². The Balaban J connectivity index is 2.72. The Morgan fingerprint density at radius 2 is 2.31 bits per heavy atom. The van der Waals surface area contributed by atoms with Crippen molar-refractivity contribution >= 4 is 5.57 Å². The molecule has 1 unspecified atom stereocenters. The van der Waals surface area contributed by atoms with Crippen LogP contribution >= 0.6 is 0 Å². The number of nitrogens with one attached hydrogen (secondary N) is 1. The van der Waals surface area contributed by atoms with Gasteiger partial charge in [0.05, 0.1) is 6.17 Å². The summed E-state index contributed by atoms with van der Waals surface area (Å²) in [7, 11) is 3.92. The molecular weight excluding hydrogens is 162 g/mol. The minimum atomic E-state index is -0.0247. The smallest absolute Gasteiger partial charge is 0.0765 e. The molecule has 0 saturated carbocycles. The Morgan fingerprint density at radius 3 is 2.77 bits per heavy atom. The summed E-state index contributed by atoms with van der Waals surface area (Å²) in [6.07, 6.45) is 3.92. The summed E-state index contributed by atoms with van der Waals surface area (Å²) in [5.41, 5.74) is 8.15. The van der Waals surface area contributed by atoms with Crippen molar-refractivity contribution in [3.8, 4) is 0 Å². The molecule has 1 aromatic rings. The Labute approximate surface area is 79.2 Å². The summed E-state index contributed by atoms with van der Waals surface area (Å²) < 4.78 is 0. The molecule has 1 rings (SSSR count). The van der Waals surface area contributed by atoms with Crippen LogP contribution in [0.3, 0.4) is 0 Å². The molecule has 3 heteroatoms. The summed E-state index contributed by atoms with van der Waals surface area (Å²) in [6, 6.07) is 4.02. The van der Waals surface area contributed by atoms with E-state index >= 15 is 0 Å². The first kappa shape index (κ1) is 10.0. The molecule has 0 aliphatic rings. The van der Waals surface area contributed by atoms with Crippen LogP contribution in [0.4, 0.5) is 0 Å². The Kier molecular flexibility index (Phi) is 3.28. The first-order chi connectivity index (χ1) is 6.11. The van der Waals surface area contributed by atoms with Gasteiger partial charge in [-0.15, -0.1) is 0 Å². The lowest BCUT2D eigenvalue weighted by molar-refractivity contribution is 0.351. The van der Waals surface area contributed by atoms with Crippen LogP contribution in [0.2, 0.25) is 0 Å². The number of hydrogen-bond acceptors (Lipinski definition) is 2. The monoisotopic (exact) mass is 179 g/mol. The van der Waals surface area contributed by atoms with Gasteiger partial charge in [0.1, 0.15) is 0 Å². The van der Waals surface area contributed by atoms with E-state index in [0.717, 1.165) is 5.69 Å².